The molecule has 2 aromatic carbocycles. The van der Waals surface area contributed by atoms with Crippen LogP contribution in [0.1, 0.15) is 0 Å². The Hall–Kier alpha value is -2.59. The largest absolute Gasteiger partial charge is 0.382 e. The van der Waals surface area contributed by atoms with Crippen molar-refractivity contribution in [3.63, 3.8) is 0 Å². The third-order valence-corrected chi connectivity index (χ3v) is 3.45. The van der Waals surface area contributed by atoms with Crippen LogP contribution in [-0.2, 0) is 0 Å². The Morgan fingerprint density at radius 3 is 2.43 bits per heavy atom. The van der Waals surface area contributed by atoms with E-state index in [1.807, 2.05) is 54.6 Å². The summed E-state index contributed by atoms with van der Waals surface area (Å²) in [7, 11) is 0. The molecular formula is C16H12ClN3O. The summed E-state index contributed by atoms with van der Waals surface area (Å²) in [5, 5.41) is 0.248. The Kier molecular flexibility index (Phi) is 3.46. The Morgan fingerprint density at radius 1 is 1.00 bits per heavy atom. The molecule has 0 atom stereocenters. The van der Waals surface area contributed by atoms with Gasteiger partial charge in [-0.15, -0.1) is 0 Å². The molecule has 1 aromatic heterocycles. The summed E-state index contributed by atoms with van der Waals surface area (Å²) in [6, 6.07) is 17.4. The molecule has 21 heavy (non-hydrogen) atoms. The zero-order valence-corrected chi connectivity index (χ0v) is 11.8. The van der Waals surface area contributed by atoms with Crippen LogP contribution in [0.2, 0.25) is 5.02 Å². The molecule has 0 aliphatic rings. The van der Waals surface area contributed by atoms with Crippen LogP contribution in [0.4, 0.5) is 5.82 Å². The molecule has 0 bridgehead atoms. The second kappa shape index (κ2) is 5.42. The third-order valence-electron chi connectivity index (χ3n) is 3.16. The number of nitrogens with two attached hydrogens (primary N) is 1. The highest BCUT2D eigenvalue weighted by atomic mass is 35.5. The molecule has 0 aliphatic heterocycles. The molecular weight excluding hydrogens is 286 g/mol. The van der Waals surface area contributed by atoms with E-state index in [-0.39, 0.29) is 10.8 Å². The first kappa shape index (κ1) is 13.4. The number of rotatable bonds is 2. The van der Waals surface area contributed by atoms with Gasteiger partial charge in [0.1, 0.15) is 5.82 Å². The van der Waals surface area contributed by atoms with E-state index in [0.717, 1.165) is 11.1 Å². The Labute approximate surface area is 126 Å². The Bertz CT molecular complexity index is 844. The zero-order valence-electron chi connectivity index (χ0n) is 11.0. The number of nitrogens with zero attached hydrogens (tertiary/aromatic N) is 2. The summed E-state index contributed by atoms with van der Waals surface area (Å²) in [6.07, 6.45) is 1.49. The Morgan fingerprint density at radius 2 is 1.67 bits per heavy atom. The molecule has 3 rings (SSSR count). The third kappa shape index (κ3) is 2.53. The maximum Gasteiger partial charge on any atom is 0.354 e. The van der Waals surface area contributed by atoms with Crippen LogP contribution in [0, 0.1) is 0 Å². The molecule has 0 radical (unpaired) electrons. The molecule has 0 unspecified atom stereocenters. The van der Waals surface area contributed by atoms with Gasteiger partial charge in [0, 0.05) is 11.8 Å². The first-order valence-electron chi connectivity index (χ1n) is 6.36. The van der Waals surface area contributed by atoms with Crippen molar-refractivity contribution in [3.8, 4) is 16.8 Å². The minimum absolute atomic E-state index is 0.0371. The van der Waals surface area contributed by atoms with Gasteiger partial charge in [-0.3, -0.25) is 4.57 Å². The Balaban J connectivity index is 2.26. The van der Waals surface area contributed by atoms with E-state index in [1.54, 1.807) is 0 Å². The van der Waals surface area contributed by atoms with Crippen LogP contribution >= 0.6 is 11.6 Å². The van der Waals surface area contributed by atoms with Crippen LogP contribution in [-0.4, -0.2) is 9.55 Å². The van der Waals surface area contributed by atoms with Gasteiger partial charge in [0.15, 0.2) is 0 Å². The van der Waals surface area contributed by atoms with Crippen molar-refractivity contribution < 1.29 is 0 Å². The summed E-state index contributed by atoms with van der Waals surface area (Å²) in [5.41, 5.74) is 7.74. The summed E-state index contributed by atoms with van der Waals surface area (Å²) >= 11 is 5.99. The summed E-state index contributed by atoms with van der Waals surface area (Å²) in [4.78, 5) is 15.8. The van der Waals surface area contributed by atoms with E-state index >= 15 is 0 Å². The fourth-order valence-electron chi connectivity index (χ4n) is 2.16. The van der Waals surface area contributed by atoms with Gasteiger partial charge in [0.2, 0.25) is 0 Å². The monoisotopic (exact) mass is 297 g/mol. The highest BCUT2D eigenvalue weighted by Gasteiger charge is 2.10. The van der Waals surface area contributed by atoms with Gasteiger partial charge in [-0.2, -0.15) is 4.98 Å². The molecule has 3 aromatic rings. The molecule has 0 amide bonds. The van der Waals surface area contributed by atoms with E-state index in [0.29, 0.717) is 5.69 Å². The van der Waals surface area contributed by atoms with Gasteiger partial charge in [-0.05, 0) is 11.6 Å². The second-order valence-electron chi connectivity index (χ2n) is 4.51. The molecule has 5 heteroatoms. The average molecular weight is 298 g/mol. The number of para-hydroxylation sites is 1. The lowest BCUT2D eigenvalue weighted by Crippen LogP contribution is -2.22. The lowest BCUT2D eigenvalue weighted by molar-refractivity contribution is 0.921. The molecule has 0 spiro atoms. The van der Waals surface area contributed by atoms with Crippen molar-refractivity contribution in [2.24, 2.45) is 0 Å². The van der Waals surface area contributed by atoms with Crippen molar-refractivity contribution in [1.82, 2.24) is 9.55 Å². The van der Waals surface area contributed by atoms with Gasteiger partial charge < -0.3 is 5.73 Å². The molecule has 0 fully saturated rings. The molecule has 0 saturated heterocycles. The van der Waals surface area contributed by atoms with Gasteiger partial charge in [-0.25, -0.2) is 4.79 Å². The van der Waals surface area contributed by atoms with E-state index < -0.39 is 5.69 Å². The van der Waals surface area contributed by atoms with Crippen LogP contribution in [0.5, 0.6) is 0 Å². The van der Waals surface area contributed by atoms with E-state index in [9.17, 15) is 4.79 Å². The quantitative estimate of drug-likeness (QED) is 0.790. The molecule has 2 N–H and O–H groups in total. The number of anilines is 1. The topological polar surface area (TPSA) is 60.9 Å². The van der Waals surface area contributed by atoms with E-state index in [1.165, 1.54) is 10.8 Å². The predicted molar refractivity (Wildman–Crippen MR) is 84.7 cm³/mol. The minimum Gasteiger partial charge on any atom is -0.382 e. The average Bonchev–Trinajstić information content (AvgIpc) is 2.52. The van der Waals surface area contributed by atoms with Crippen molar-refractivity contribution in [1.29, 1.82) is 0 Å². The molecule has 104 valence electrons. The molecule has 1 heterocycles. The summed E-state index contributed by atoms with van der Waals surface area (Å²) < 4.78 is 1.40. The van der Waals surface area contributed by atoms with Crippen molar-refractivity contribution >= 4 is 17.4 Å². The molecule has 0 saturated carbocycles. The number of hydrogen-bond donors (Lipinski definition) is 1. The highest BCUT2D eigenvalue weighted by Crippen LogP contribution is 2.26. The fraction of sp³-hybridized carbons (Fsp3) is 0. The summed E-state index contributed by atoms with van der Waals surface area (Å²) in [6.45, 7) is 0. The summed E-state index contributed by atoms with van der Waals surface area (Å²) in [5.74, 6) is 0.0371. The van der Waals surface area contributed by atoms with E-state index in [2.05, 4.69) is 4.98 Å². The van der Waals surface area contributed by atoms with E-state index in [4.69, 9.17) is 17.3 Å². The normalized spacial score (nSPS) is 10.5. The fourth-order valence-corrected chi connectivity index (χ4v) is 2.30. The lowest BCUT2D eigenvalue weighted by atomic mass is 10.0. The predicted octanol–water partition coefficient (Wildman–Crippen LogP) is 3.14. The maximum atomic E-state index is 12.1. The lowest BCUT2D eigenvalue weighted by Gasteiger charge is -2.12. The van der Waals surface area contributed by atoms with Crippen LogP contribution in [0.25, 0.3) is 16.8 Å². The van der Waals surface area contributed by atoms with Gasteiger partial charge in [-0.1, -0.05) is 60.1 Å². The smallest absolute Gasteiger partial charge is 0.354 e. The number of benzene rings is 2. The molecule has 4 nitrogen and oxygen atoms in total. The van der Waals surface area contributed by atoms with Crippen LogP contribution in [0.3, 0.4) is 0 Å². The van der Waals surface area contributed by atoms with Crippen molar-refractivity contribution in [3.05, 3.63) is 76.3 Å². The highest BCUT2D eigenvalue weighted by molar-refractivity contribution is 6.32. The maximum absolute atomic E-state index is 12.1. The van der Waals surface area contributed by atoms with Gasteiger partial charge in [0.05, 0.1) is 10.7 Å². The second-order valence-corrected chi connectivity index (χ2v) is 4.92. The van der Waals surface area contributed by atoms with Gasteiger partial charge >= 0.3 is 5.69 Å². The van der Waals surface area contributed by atoms with Crippen molar-refractivity contribution in [2.45, 2.75) is 0 Å². The van der Waals surface area contributed by atoms with Crippen LogP contribution < -0.4 is 11.4 Å². The van der Waals surface area contributed by atoms with Crippen LogP contribution in [0.15, 0.2) is 65.6 Å². The SMILES string of the molecule is Nc1nc(=O)n(-c2ccccc2-c2ccccc2)cc1Cl. The minimum atomic E-state index is -0.458. The van der Waals surface area contributed by atoms with Gasteiger partial charge in [0.25, 0.3) is 0 Å². The number of halogens is 1. The van der Waals surface area contributed by atoms with Crippen molar-refractivity contribution in [2.75, 3.05) is 5.73 Å². The first-order chi connectivity index (χ1) is 10.2. The zero-order chi connectivity index (χ0) is 14.8. The number of nitrogen functional groups attached to an aromatic ring is 1. The standard InChI is InChI=1S/C16H12ClN3O/c17-13-10-20(16(21)19-15(13)18)14-9-5-4-8-12(14)11-6-2-1-3-7-11/h1-10H,(H2,18,19,21). The molecule has 0 aliphatic carbocycles. The first-order valence-corrected chi connectivity index (χ1v) is 6.74. The number of hydrogen-bond acceptors (Lipinski definition) is 3. The number of aromatic nitrogens is 2.